The minimum Gasteiger partial charge on any atom is -0.390 e. The van der Waals surface area contributed by atoms with Gasteiger partial charge in [0.15, 0.2) is 9.84 Å². The Labute approximate surface area is 103 Å². The fraction of sp³-hybridized carbons (Fsp3) is 1.00. The van der Waals surface area contributed by atoms with Crippen LogP contribution in [0.1, 0.15) is 26.2 Å². The fourth-order valence-corrected chi connectivity index (χ4v) is 4.90. The van der Waals surface area contributed by atoms with Gasteiger partial charge in [0, 0.05) is 12.1 Å². The Hall–Kier alpha value is -0.170. The van der Waals surface area contributed by atoms with Crippen LogP contribution < -0.4 is 5.73 Å². The standard InChI is InChI=1S/C11H22N2O3S/c1-8(12)9-4-2-3-5-13(9)10-6-17(15,16)7-11(10)14/h8-11,14H,2-7,12H2,1H3. The Kier molecular flexibility index (Phi) is 3.77. The molecule has 0 bridgehead atoms. The molecule has 0 aromatic rings. The van der Waals surface area contributed by atoms with Gasteiger partial charge in [-0.2, -0.15) is 0 Å². The largest absolute Gasteiger partial charge is 0.390 e. The van der Waals surface area contributed by atoms with Gasteiger partial charge in [-0.05, 0) is 26.3 Å². The van der Waals surface area contributed by atoms with Crippen molar-refractivity contribution in [2.24, 2.45) is 5.73 Å². The lowest BCUT2D eigenvalue weighted by Crippen LogP contribution is -2.56. The summed E-state index contributed by atoms with van der Waals surface area (Å²) in [4.78, 5) is 2.13. The van der Waals surface area contributed by atoms with E-state index in [1.807, 2.05) is 6.92 Å². The van der Waals surface area contributed by atoms with Gasteiger partial charge in [0.1, 0.15) is 0 Å². The highest BCUT2D eigenvalue weighted by Crippen LogP contribution is 2.27. The molecule has 2 saturated heterocycles. The summed E-state index contributed by atoms with van der Waals surface area (Å²) in [6.07, 6.45) is 2.45. The van der Waals surface area contributed by atoms with Gasteiger partial charge < -0.3 is 10.8 Å². The summed E-state index contributed by atoms with van der Waals surface area (Å²) >= 11 is 0. The van der Waals surface area contributed by atoms with Crippen LogP contribution in [-0.2, 0) is 9.84 Å². The van der Waals surface area contributed by atoms with E-state index in [1.54, 1.807) is 0 Å². The third-order valence-corrected chi connectivity index (χ3v) is 5.62. The van der Waals surface area contributed by atoms with Crippen molar-refractivity contribution in [2.45, 2.75) is 50.4 Å². The van der Waals surface area contributed by atoms with E-state index in [2.05, 4.69) is 4.90 Å². The van der Waals surface area contributed by atoms with Crippen LogP contribution in [0.2, 0.25) is 0 Å². The van der Waals surface area contributed by atoms with Gasteiger partial charge in [-0.25, -0.2) is 8.42 Å². The van der Waals surface area contributed by atoms with E-state index < -0.39 is 15.9 Å². The first-order valence-corrected chi connectivity index (χ1v) is 8.12. The summed E-state index contributed by atoms with van der Waals surface area (Å²) in [6, 6.07) is -0.0289. The molecule has 4 atom stereocenters. The second kappa shape index (κ2) is 4.84. The highest BCUT2D eigenvalue weighted by molar-refractivity contribution is 7.91. The highest BCUT2D eigenvalue weighted by Gasteiger charge is 2.43. The molecule has 2 heterocycles. The van der Waals surface area contributed by atoms with E-state index in [4.69, 9.17) is 5.73 Å². The SMILES string of the molecule is CC(N)C1CCCCN1C1CS(=O)(=O)CC1O. The minimum atomic E-state index is -3.08. The number of hydrogen-bond donors (Lipinski definition) is 2. The fourth-order valence-electron chi connectivity index (χ4n) is 3.08. The third kappa shape index (κ3) is 2.81. The number of piperidine rings is 1. The Morgan fingerprint density at radius 2 is 2.06 bits per heavy atom. The summed E-state index contributed by atoms with van der Waals surface area (Å²) in [5.74, 6) is -0.0166. The molecule has 6 heteroatoms. The second-order valence-corrected chi connectivity index (χ2v) is 7.53. The zero-order valence-electron chi connectivity index (χ0n) is 10.2. The van der Waals surface area contributed by atoms with Crippen molar-refractivity contribution in [1.82, 2.24) is 4.90 Å². The first-order valence-electron chi connectivity index (χ1n) is 6.30. The minimum absolute atomic E-state index is 0.0193. The molecule has 2 rings (SSSR count). The molecular weight excluding hydrogens is 240 g/mol. The van der Waals surface area contributed by atoms with Crippen LogP contribution in [0, 0.1) is 0 Å². The van der Waals surface area contributed by atoms with E-state index in [0.717, 1.165) is 25.8 Å². The van der Waals surface area contributed by atoms with Crippen LogP contribution in [0.4, 0.5) is 0 Å². The zero-order valence-corrected chi connectivity index (χ0v) is 11.1. The molecule has 0 amide bonds. The molecule has 0 radical (unpaired) electrons. The van der Waals surface area contributed by atoms with E-state index in [-0.39, 0.29) is 29.6 Å². The number of nitrogens with zero attached hydrogens (tertiary/aromatic N) is 1. The Bertz CT molecular complexity index is 369. The van der Waals surface area contributed by atoms with Crippen molar-refractivity contribution in [1.29, 1.82) is 0 Å². The summed E-state index contributed by atoms with van der Waals surface area (Å²) in [5, 5.41) is 9.91. The summed E-state index contributed by atoms with van der Waals surface area (Å²) in [7, 11) is -3.08. The molecular formula is C11H22N2O3S. The summed E-state index contributed by atoms with van der Waals surface area (Å²) in [5.41, 5.74) is 5.97. The molecule has 0 aromatic heterocycles. The van der Waals surface area contributed by atoms with Crippen LogP contribution in [-0.4, -0.2) is 60.7 Å². The number of likely N-dealkylation sites (tertiary alicyclic amines) is 1. The predicted octanol–water partition coefficient (Wildman–Crippen LogP) is -0.654. The number of rotatable bonds is 2. The van der Waals surface area contributed by atoms with Gasteiger partial charge >= 0.3 is 0 Å². The van der Waals surface area contributed by atoms with Crippen molar-refractivity contribution in [2.75, 3.05) is 18.1 Å². The van der Waals surface area contributed by atoms with Gasteiger partial charge in [0.2, 0.25) is 0 Å². The first-order chi connectivity index (χ1) is 7.91. The van der Waals surface area contributed by atoms with Gasteiger partial charge in [-0.15, -0.1) is 0 Å². The molecule has 2 aliphatic rings. The van der Waals surface area contributed by atoms with Crippen molar-refractivity contribution >= 4 is 9.84 Å². The van der Waals surface area contributed by atoms with Crippen molar-refractivity contribution in [3.63, 3.8) is 0 Å². The molecule has 4 unspecified atom stereocenters. The van der Waals surface area contributed by atoms with E-state index in [1.165, 1.54) is 0 Å². The lowest BCUT2D eigenvalue weighted by molar-refractivity contribution is 0.0275. The van der Waals surface area contributed by atoms with E-state index in [0.29, 0.717) is 0 Å². The maximum atomic E-state index is 11.6. The molecule has 2 fully saturated rings. The normalized spacial score (nSPS) is 40.3. The maximum Gasteiger partial charge on any atom is 0.154 e. The quantitative estimate of drug-likeness (QED) is 0.690. The van der Waals surface area contributed by atoms with Gasteiger partial charge in [0.25, 0.3) is 0 Å². The predicted molar refractivity (Wildman–Crippen MR) is 66.4 cm³/mol. The summed E-state index contributed by atoms with van der Waals surface area (Å²) < 4.78 is 23.1. The Morgan fingerprint density at radius 3 is 2.59 bits per heavy atom. The van der Waals surface area contributed by atoms with Crippen LogP contribution in [0.25, 0.3) is 0 Å². The van der Waals surface area contributed by atoms with Crippen LogP contribution in [0.15, 0.2) is 0 Å². The Balaban J connectivity index is 2.14. The molecule has 5 nitrogen and oxygen atoms in total. The smallest absolute Gasteiger partial charge is 0.154 e. The van der Waals surface area contributed by atoms with Crippen LogP contribution in [0.3, 0.4) is 0 Å². The lowest BCUT2D eigenvalue weighted by Gasteiger charge is -2.42. The molecule has 0 aromatic carbocycles. The number of sulfone groups is 1. The van der Waals surface area contributed by atoms with Crippen LogP contribution >= 0.6 is 0 Å². The molecule has 0 aliphatic carbocycles. The topological polar surface area (TPSA) is 83.6 Å². The lowest BCUT2D eigenvalue weighted by atomic mass is 9.94. The zero-order chi connectivity index (χ0) is 12.6. The number of nitrogens with two attached hydrogens (primary N) is 1. The molecule has 0 saturated carbocycles. The number of aliphatic hydroxyl groups is 1. The van der Waals surface area contributed by atoms with E-state index in [9.17, 15) is 13.5 Å². The summed E-state index contributed by atoms with van der Waals surface area (Å²) in [6.45, 7) is 2.81. The third-order valence-electron chi connectivity index (χ3n) is 3.92. The average molecular weight is 262 g/mol. The maximum absolute atomic E-state index is 11.6. The molecule has 2 aliphatic heterocycles. The monoisotopic (exact) mass is 262 g/mol. The Morgan fingerprint density at radius 1 is 1.35 bits per heavy atom. The van der Waals surface area contributed by atoms with Gasteiger partial charge in [0.05, 0.1) is 23.7 Å². The molecule has 100 valence electrons. The average Bonchev–Trinajstić information content (AvgIpc) is 2.52. The van der Waals surface area contributed by atoms with Crippen LogP contribution in [0.5, 0.6) is 0 Å². The molecule has 17 heavy (non-hydrogen) atoms. The van der Waals surface area contributed by atoms with Crippen molar-refractivity contribution < 1.29 is 13.5 Å². The first kappa shape index (κ1) is 13.3. The number of aliphatic hydroxyl groups excluding tert-OH is 1. The van der Waals surface area contributed by atoms with Gasteiger partial charge in [-0.3, -0.25) is 4.90 Å². The van der Waals surface area contributed by atoms with E-state index >= 15 is 0 Å². The number of hydrogen-bond acceptors (Lipinski definition) is 5. The highest BCUT2D eigenvalue weighted by atomic mass is 32.2. The van der Waals surface area contributed by atoms with Crippen molar-refractivity contribution in [3.8, 4) is 0 Å². The molecule has 0 spiro atoms. The molecule has 3 N–H and O–H groups in total. The van der Waals surface area contributed by atoms with Crippen molar-refractivity contribution in [3.05, 3.63) is 0 Å². The van der Waals surface area contributed by atoms with Gasteiger partial charge in [-0.1, -0.05) is 6.42 Å². The second-order valence-electron chi connectivity index (χ2n) is 5.37.